The molecule has 3 rings (SSSR count). The molecule has 0 aliphatic heterocycles. The summed E-state index contributed by atoms with van der Waals surface area (Å²) >= 11 is 0. The molecule has 0 aliphatic rings. The molecule has 0 unspecified atom stereocenters. The van der Waals surface area contributed by atoms with Crippen molar-refractivity contribution in [3.63, 3.8) is 0 Å². The molecule has 0 spiro atoms. The second-order valence-electron chi connectivity index (χ2n) is 5.29. The van der Waals surface area contributed by atoms with E-state index >= 15 is 0 Å². The molecule has 0 atom stereocenters. The number of anilines is 1. The van der Waals surface area contributed by atoms with Crippen molar-refractivity contribution in [1.29, 1.82) is 0 Å². The van der Waals surface area contributed by atoms with E-state index < -0.39 is 0 Å². The van der Waals surface area contributed by atoms with Gasteiger partial charge in [0.1, 0.15) is 0 Å². The van der Waals surface area contributed by atoms with Gasteiger partial charge in [0.05, 0.1) is 0 Å². The zero-order chi connectivity index (χ0) is 16.1. The third-order valence-electron chi connectivity index (χ3n) is 3.40. The monoisotopic (exact) mass is 307 g/mol. The van der Waals surface area contributed by atoms with E-state index in [4.69, 9.17) is 4.52 Å². The van der Waals surface area contributed by atoms with Crippen LogP contribution < -0.4 is 5.32 Å². The van der Waals surface area contributed by atoms with Gasteiger partial charge in [-0.25, -0.2) is 0 Å². The Morgan fingerprint density at radius 2 is 1.83 bits per heavy atom. The average Bonchev–Trinajstić information content (AvgIpc) is 3.04. The number of nitrogens with zero attached hydrogens (tertiary/aromatic N) is 2. The number of hydrogen-bond acceptors (Lipinski definition) is 4. The lowest BCUT2D eigenvalue weighted by Crippen LogP contribution is -2.12. The molecule has 0 fully saturated rings. The number of benzene rings is 2. The van der Waals surface area contributed by atoms with Crippen molar-refractivity contribution >= 4 is 11.6 Å². The summed E-state index contributed by atoms with van der Waals surface area (Å²) in [7, 11) is 0. The molecule has 0 aliphatic carbocycles. The Balaban J connectivity index is 1.57. The van der Waals surface area contributed by atoms with Crippen molar-refractivity contribution < 1.29 is 9.32 Å². The van der Waals surface area contributed by atoms with Gasteiger partial charge in [0.2, 0.25) is 17.6 Å². The van der Waals surface area contributed by atoms with Crippen LogP contribution in [0, 0.1) is 6.92 Å². The first-order valence-electron chi connectivity index (χ1n) is 7.45. The van der Waals surface area contributed by atoms with Crippen molar-refractivity contribution in [2.45, 2.75) is 19.8 Å². The fourth-order valence-electron chi connectivity index (χ4n) is 2.14. The van der Waals surface area contributed by atoms with Gasteiger partial charge < -0.3 is 9.84 Å². The van der Waals surface area contributed by atoms with Crippen LogP contribution in [-0.4, -0.2) is 16.0 Å². The van der Waals surface area contributed by atoms with E-state index in [0.717, 1.165) is 11.3 Å². The Morgan fingerprint density at radius 3 is 2.57 bits per heavy atom. The second kappa shape index (κ2) is 6.87. The van der Waals surface area contributed by atoms with Crippen molar-refractivity contribution in [3.8, 4) is 11.4 Å². The number of aryl methyl sites for hydroxylation is 2. The number of carbonyl (C=O) groups is 1. The minimum absolute atomic E-state index is 0.0775. The Labute approximate surface area is 134 Å². The van der Waals surface area contributed by atoms with Gasteiger partial charge in [-0.1, -0.05) is 53.2 Å². The van der Waals surface area contributed by atoms with Crippen LogP contribution in [0.2, 0.25) is 0 Å². The van der Waals surface area contributed by atoms with E-state index in [-0.39, 0.29) is 5.91 Å². The lowest BCUT2D eigenvalue weighted by molar-refractivity contribution is -0.116. The molecule has 116 valence electrons. The van der Waals surface area contributed by atoms with Gasteiger partial charge in [0, 0.05) is 24.1 Å². The van der Waals surface area contributed by atoms with E-state index in [1.165, 1.54) is 5.56 Å². The van der Waals surface area contributed by atoms with Crippen LogP contribution in [0.4, 0.5) is 5.69 Å². The normalized spacial score (nSPS) is 10.5. The topological polar surface area (TPSA) is 68.0 Å². The highest BCUT2D eigenvalue weighted by Gasteiger charge is 2.10. The summed E-state index contributed by atoms with van der Waals surface area (Å²) in [5.41, 5.74) is 2.86. The molecule has 0 radical (unpaired) electrons. The largest absolute Gasteiger partial charge is 0.339 e. The maximum Gasteiger partial charge on any atom is 0.227 e. The maximum atomic E-state index is 11.9. The van der Waals surface area contributed by atoms with E-state index in [2.05, 4.69) is 15.5 Å². The molecule has 0 saturated heterocycles. The lowest BCUT2D eigenvalue weighted by atomic mass is 10.1. The van der Waals surface area contributed by atoms with Gasteiger partial charge in [-0.3, -0.25) is 4.79 Å². The predicted octanol–water partition coefficient (Wildman–Crippen LogP) is 3.62. The first kappa shape index (κ1) is 15.0. The zero-order valence-electron chi connectivity index (χ0n) is 12.8. The highest BCUT2D eigenvalue weighted by Crippen LogP contribution is 2.17. The average molecular weight is 307 g/mol. The van der Waals surface area contributed by atoms with Crippen LogP contribution in [0.1, 0.15) is 17.9 Å². The highest BCUT2D eigenvalue weighted by molar-refractivity contribution is 5.90. The number of amides is 1. The third-order valence-corrected chi connectivity index (χ3v) is 3.40. The van der Waals surface area contributed by atoms with Crippen LogP contribution in [-0.2, 0) is 11.2 Å². The van der Waals surface area contributed by atoms with Gasteiger partial charge in [0.15, 0.2) is 0 Å². The van der Waals surface area contributed by atoms with Crippen molar-refractivity contribution in [2.24, 2.45) is 0 Å². The van der Waals surface area contributed by atoms with Crippen molar-refractivity contribution in [2.75, 3.05) is 5.32 Å². The fourth-order valence-corrected chi connectivity index (χ4v) is 2.14. The number of para-hydroxylation sites is 1. The molecular formula is C18H17N3O2. The molecule has 5 heteroatoms. The Kier molecular flexibility index (Phi) is 4.47. The van der Waals surface area contributed by atoms with E-state index in [0.29, 0.717) is 24.6 Å². The Hall–Kier alpha value is -2.95. The predicted molar refractivity (Wildman–Crippen MR) is 87.9 cm³/mol. The molecule has 0 saturated carbocycles. The summed E-state index contributed by atoms with van der Waals surface area (Å²) < 4.78 is 5.21. The maximum absolute atomic E-state index is 11.9. The van der Waals surface area contributed by atoms with Crippen LogP contribution in [0.5, 0.6) is 0 Å². The van der Waals surface area contributed by atoms with E-state index in [1.54, 1.807) is 0 Å². The molecule has 2 aromatic carbocycles. The number of carbonyl (C=O) groups excluding carboxylic acids is 1. The van der Waals surface area contributed by atoms with Crippen LogP contribution >= 0.6 is 0 Å². The molecule has 1 amide bonds. The summed E-state index contributed by atoms with van der Waals surface area (Å²) in [6.45, 7) is 2.02. The number of nitrogens with one attached hydrogen (secondary N) is 1. The summed E-state index contributed by atoms with van der Waals surface area (Å²) in [6, 6.07) is 17.2. The van der Waals surface area contributed by atoms with E-state index in [9.17, 15) is 4.79 Å². The van der Waals surface area contributed by atoms with Gasteiger partial charge >= 0.3 is 0 Å². The second-order valence-corrected chi connectivity index (χ2v) is 5.29. The quantitative estimate of drug-likeness (QED) is 0.781. The summed E-state index contributed by atoms with van der Waals surface area (Å²) in [5.74, 6) is 0.929. The zero-order valence-corrected chi connectivity index (χ0v) is 12.8. The first-order chi connectivity index (χ1) is 11.2. The number of aromatic nitrogens is 2. The van der Waals surface area contributed by atoms with Crippen LogP contribution in [0.3, 0.4) is 0 Å². The van der Waals surface area contributed by atoms with Crippen molar-refractivity contribution in [3.05, 3.63) is 66.1 Å². The van der Waals surface area contributed by atoms with Crippen LogP contribution in [0.15, 0.2) is 59.1 Å². The van der Waals surface area contributed by atoms with Gasteiger partial charge in [-0.2, -0.15) is 4.98 Å². The van der Waals surface area contributed by atoms with Gasteiger partial charge in [0.25, 0.3) is 0 Å². The minimum atomic E-state index is -0.0775. The standard InChI is InChI=1S/C18H17N3O2/c1-13-7-9-14(10-8-13)18-20-17(23-21-18)12-11-16(22)19-15-5-3-2-4-6-15/h2-10H,11-12H2,1H3,(H,19,22). The third kappa shape index (κ3) is 4.03. The summed E-state index contributed by atoms with van der Waals surface area (Å²) in [5, 5.41) is 6.79. The number of rotatable bonds is 5. The summed E-state index contributed by atoms with van der Waals surface area (Å²) in [6.07, 6.45) is 0.710. The van der Waals surface area contributed by atoms with Crippen molar-refractivity contribution in [1.82, 2.24) is 10.1 Å². The molecule has 1 aromatic heterocycles. The SMILES string of the molecule is Cc1ccc(-c2noc(CCC(=O)Nc3ccccc3)n2)cc1. The Bertz CT molecular complexity index is 780. The first-order valence-corrected chi connectivity index (χ1v) is 7.45. The molecule has 3 aromatic rings. The molecule has 0 bridgehead atoms. The molecule has 5 nitrogen and oxygen atoms in total. The smallest absolute Gasteiger partial charge is 0.227 e. The summed E-state index contributed by atoms with van der Waals surface area (Å²) in [4.78, 5) is 16.2. The lowest BCUT2D eigenvalue weighted by Gasteiger charge is -2.02. The van der Waals surface area contributed by atoms with Crippen LogP contribution in [0.25, 0.3) is 11.4 Å². The van der Waals surface area contributed by atoms with E-state index in [1.807, 2.05) is 61.5 Å². The molecule has 23 heavy (non-hydrogen) atoms. The minimum Gasteiger partial charge on any atom is -0.339 e. The number of hydrogen-bond donors (Lipinski definition) is 1. The van der Waals surface area contributed by atoms with Gasteiger partial charge in [-0.15, -0.1) is 0 Å². The Morgan fingerprint density at radius 1 is 1.09 bits per heavy atom. The highest BCUT2D eigenvalue weighted by atomic mass is 16.5. The molecular weight excluding hydrogens is 290 g/mol. The molecule has 1 N–H and O–H groups in total. The van der Waals surface area contributed by atoms with Gasteiger partial charge in [-0.05, 0) is 19.1 Å². The molecule has 1 heterocycles. The fraction of sp³-hybridized carbons (Fsp3) is 0.167.